The first-order valence-electron chi connectivity index (χ1n) is 7.43. The largest absolute Gasteiger partial charge is 0.497 e. The summed E-state index contributed by atoms with van der Waals surface area (Å²) in [6.07, 6.45) is -0.625. The first-order valence-corrected chi connectivity index (χ1v) is 9.02. The second-order valence-electron chi connectivity index (χ2n) is 5.46. The average Bonchev–Trinajstić information content (AvgIpc) is 2.97. The predicted octanol–water partition coefficient (Wildman–Crippen LogP) is 4.65. The van der Waals surface area contributed by atoms with Crippen LogP contribution in [0.1, 0.15) is 17.4 Å². The molecule has 130 valence electrons. The summed E-state index contributed by atoms with van der Waals surface area (Å²) in [5.74, 6) is 1.32. The molecule has 1 unspecified atom stereocenters. The van der Waals surface area contributed by atoms with Crippen molar-refractivity contribution in [3.05, 3.63) is 56.7 Å². The van der Waals surface area contributed by atoms with Gasteiger partial charge in [0.05, 0.1) is 24.2 Å². The number of hydrogen-bond donors (Lipinski definition) is 3. The van der Waals surface area contributed by atoms with Crippen molar-refractivity contribution in [2.24, 2.45) is 0 Å². The number of aromatic amines is 1. The molecule has 1 heterocycles. The van der Waals surface area contributed by atoms with Gasteiger partial charge in [-0.15, -0.1) is 0 Å². The molecule has 1 atom stereocenters. The fraction of sp³-hybridized carbons (Fsp3) is 0.176. The number of methoxy groups -OCH3 is 1. The van der Waals surface area contributed by atoms with Gasteiger partial charge in [-0.3, -0.25) is 0 Å². The van der Waals surface area contributed by atoms with Crippen LogP contribution >= 0.6 is 31.9 Å². The molecule has 25 heavy (non-hydrogen) atoms. The zero-order valence-electron chi connectivity index (χ0n) is 13.2. The van der Waals surface area contributed by atoms with E-state index in [0.29, 0.717) is 12.2 Å². The van der Waals surface area contributed by atoms with Crippen molar-refractivity contribution in [3.8, 4) is 5.75 Å². The van der Waals surface area contributed by atoms with Gasteiger partial charge in [0.15, 0.2) is 0 Å². The van der Waals surface area contributed by atoms with Gasteiger partial charge in [0, 0.05) is 15.4 Å². The number of imidazole rings is 1. The summed E-state index contributed by atoms with van der Waals surface area (Å²) >= 11 is 6.90. The van der Waals surface area contributed by atoms with E-state index in [2.05, 4.69) is 47.1 Å². The molecule has 1 amide bonds. The number of rotatable bonds is 5. The van der Waals surface area contributed by atoms with Gasteiger partial charge in [0.2, 0.25) is 0 Å². The lowest BCUT2D eigenvalue weighted by Crippen LogP contribution is -2.29. The van der Waals surface area contributed by atoms with Crippen molar-refractivity contribution in [2.45, 2.75) is 12.5 Å². The van der Waals surface area contributed by atoms with Crippen LogP contribution in [0, 0.1) is 0 Å². The Bertz CT molecular complexity index is 870. The van der Waals surface area contributed by atoms with Crippen molar-refractivity contribution in [2.75, 3.05) is 7.11 Å². The smallest absolute Gasteiger partial charge is 0.405 e. The standard InChI is InChI=1S/C17H15Br2N3O3/c1-25-10-4-2-9(3-5-10)6-15(22-17(23)24)16-20-13-7-11(18)12(19)8-14(13)21-16/h2-5,7-8,15,22H,6H2,1H3,(H,20,21)(H,23,24). The Kier molecular flexibility index (Phi) is 5.29. The van der Waals surface area contributed by atoms with E-state index in [9.17, 15) is 9.90 Å². The van der Waals surface area contributed by atoms with Gasteiger partial charge < -0.3 is 20.1 Å². The van der Waals surface area contributed by atoms with Crippen LogP contribution < -0.4 is 10.1 Å². The van der Waals surface area contributed by atoms with Crippen LogP contribution in [0.4, 0.5) is 4.79 Å². The first kappa shape index (κ1) is 17.8. The van der Waals surface area contributed by atoms with Gasteiger partial charge >= 0.3 is 6.09 Å². The Hall–Kier alpha value is -2.06. The second kappa shape index (κ2) is 7.45. The van der Waals surface area contributed by atoms with Crippen molar-refractivity contribution in [3.63, 3.8) is 0 Å². The van der Waals surface area contributed by atoms with E-state index in [1.165, 1.54) is 0 Å². The number of benzene rings is 2. The number of aromatic nitrogens is 2. The van der Waals surface area contributed by atoms with Crippen LogP contribution in [0.15, 0.2) is 45.3 Å². The Morgan fingerprint density at radius 1 is 1.28 bits per heavy atom. The topological polar surface area (TPSA) is 87.2 Å². The maximum Gasteiger partial charge on any atom is 0.405 e. The van der Waals surface area contributed by atoms with Crippen LogP contribution in [-0.4, -0.2) is 28.3 Å². The number of amides is 1. The molecule has 8 heteroatoms. The molecule has 0 fully saturated rings. The van der Waals surface area contributed by atoms with E-state index in [0.717, 1.165) is 31.3 Å². The Morgan fingerprint density at radius 3 is 2.60 bits per heavy atom. The third-order valence-corrected chi connectivity index (χ3v) is 5.61. The first-order chi connectivity index (χ1) is 12.0. The molecule has 3 N–H and O–H groups in total. The van der Waals surface area contributed by atoms with Gasteiger partial charge in [0.1, 0.15) is 11.6 Å². The van der Waals surface area contributed by atoms with Gasteiger partial charge in [-0.05, 0) is 61.7 Å². The molecule has 3 rings (SSSR count). The number of H-pyrrole nitrogens is 1. The lowest BCUT2D eigenvalue weighted by atomic mass is 10.1. The number of nitrogens with zero attached hydrogens (tertiary/aromatic N) is 1. The molecule has 0 radical (unpaired) electrons. The summed E-state index contributed by atoms with van der Waals surface area (Å²) in [7, 11) is 1.61. The highest BCUT2D eigenvalue weighted by Crippen LogP contribution is 2.29. The van der Waals surface area contributed by atoms with E-state index in [1.54, 1.807) is 7.11 Å². The molecule has 0 spiro atoms. The van der Waals surface area contributed by atoms with Crippen molar-refractivity contribution in [1.29, 1.82) is 0 Å². The second-order valence-corrected chi connectivity index (χ2v) is 7.17. The maximum absolute atomic E-state index is 11.2. The quantitative estimate of drug-likeness (QED) is 0.508. The third-order valence-electron chi connectivity index (χ3n) is 3.77. The fourth-order valence-corrected chi connectivity index (χ4v) is 3.23. The molecule has 0 aliphatic carbocycles. The Labute approximate surface area is 160 Å². The molecule has 3 aromatic rings. The van der Waals surface area contributed by atoms with Crippen molar-refractivity contribution in [1.82, 2.24) is 15.3 Å². The molecule has 0 aliphatic rings. The van der Waals surface area contributed by atoms with Crippen LogP contribution in [0.2, 0.25) is 0 Å². The average molecular weight is 469 g/mol. The molecule has 2 aromatic carbocycles. The normalized spacial score (nSPS) is 12.1. The third kappa shape index (κ3) is 4.13. The van der Waals surface area contributed by atoms with Crippen LogP contribution in [0.5, 0.6) is 5.75 Å². The molecular weight excluding hydrogens is 454 g/mol. The summed E-state index contributed by atoms with van der Waals surface area (Å²) in [5.41, 5.74) is 2.57. The summed E-state index contributed by atoms with van der Waals surface area (Å²) < 4.78 is 6.93. The number of fused-ring (bicyclic) bond motifs is 1. The van der Waals surface area contributed by atoms with Crippen LogP contribution in [0.25, 0.3) is 11.0 Å². The zero-order chi connectivity index (χ0) is 18.0. The summed E-state index contributed by atoms with van der Waals surface area (Å²) in [6, 6.07) is 10.8. The van der Waals surface area contributed by atoms with E-state index in [1.807, 2.05) is 36.4 Å². The molecular formula is C17H15Br2N3O3. The number of hydrogen-bond acceptors (Lipinski definition) is 3. The number of carboxylic acid groups (broad SMARTS) is 1. The fourth-order valence-electron chi connectivity index (χ4n) is 2.55. The molecule has 0 bridgehead atoms. The number of ether oxygens (including phenoxy) is 1. The molecule has 1 aromatic heterocycles. The highest BCUT2D eigenvalue weighted by atomic mass is 79.9. The van der Waals surface area contributed by atoms with E-state index in [-0.39, 0.29) is 0 Å². The molecule has 0 saturated heterocycles. The maximum atomic E-state index is 11.2. The highest BCUT2D eigenvalue weighted by Gasteiger charge is 2.19. The van der Waals surface area contributed by atoms with Crippen LogP contribution in [0.3, 0.4) is 0 Å². The molecule has 0 aliphatic heterocycles. The lowest BCUT2D eigenvalue weighted by molar-refractivity contribution is 0.189. The Morgan fingerprint density at radius 2 is 1.96 bits per heavy atom. The van der Waals surface area contributed by atoms with Crippen molar-refractivity contribution < 1.29 is 14.6 Å². The van der Waals surface area contributed by atoms with Crippen molar-refractivity contribution >= 4 is 49.0 Å². The minimum Gasteiger partial charge on any atom is -0.497 e. The van der Waals surface area contributed by atoms with Gasteiger partial charge in [0.25, 0.3) is 0 Å². The Balaban J connectivity index is 1.92. The van der Waals surface area contributed by atoms with E-state index >= 15 is 0 Å². The number of halogens is 2. The van der Waals surface area contributed by atoms with E-state index < -0.39 is 12.1 Å². The summed E-state index contributed by atoms with van der Waals surface area (Å²) in [6.45, 7) is 0. The summed E-state index contributed by atoms with van der Waals surface area (Å²) in [5, 5.41) is 11.7. The predicted molar refractivity (Wildman–Crippen MR) is 102 cm³/mol. The molecule has 0 saturated carbocycles. The minimum atomic E-state index is -1.10. The zero-order valence-corrected chi connectivity index (χ0v) is 16.4. The van der Waals surface area contributed by atoms with Crippen LogP contribution in [-0.2, 0) is 6.42 Å². The number of nitrogens with one attached hydrogen (secondary N) is 2. The highest BCUT2D eigenvalue weighted by molar-refractivity contribution is 9.13. The number of carbonyl (C=O) groups is 1. The lowest BCUT2D eigenvalue weighted by Gasteiger charge is -2.15. The SMILES string of the molecule is COc1ccc(CC(NC(=O)O)c2nc3cc(Br)c(Br)cc3[nH]2)cc1. The van der Waals surface area contributed by atoms with Gasteiger partial charge in [-0.25, -0.2) is 9.78 Å². The van der Waals surface area contributed by atoms with E-state index in [4.69, 9.17) is 4.74 Å². The molecule has 6 nitrogen and oxygen atoms in total. The minimum absolute atomic E-state index is 0.471. The summed E-state index contributed by atoms with van der Waals surface area (Å²) in [4.78, 5) is 18.9. The van der Waals surface area contributed by atoms with Gasteiger partial charge in [-0.1, -0.05) is 12.1 Å². The monoisotopic (exact) mass is 467 g/mol. The van der Waals surface area contributed by atoms with Gasteiger partial charge in [-0.2, -0.15) is 0 Å².